The maximum Gasteiger partial charge on any atom is 0.206 e. The molecule has 6 nitrogen and oxygen atoms in total. The molecule has 3 aromatic rings. The minimum atomic E-state index is 0.295. The van der Waals surface area contributed by atoms with E-state index in [0.717, 1.165) is 46.8 Å². The first-order valence-corrected chi connectivity index (χ1v) is 9.99. The van der Waals surface area contributed by atoms with Crippen LogP contribution in [0.2, 0.25) is 0 Å². The van der Waals surface area contributed by atoms with Crippen LogP contribution in [-0.4, -0.2) is 34.4 Å². The molecule has 0 spiro atoms. The topological polar surface area (TPSA) is 73.1 Å². The zero-order chi connectivity index (χ0) is 16.9. The number of hydrogen-bond acceptors (Lipinski definition) is 8. The number of nitrogens with one attached hydrogen (secondary N) is 1. The average Bonchev–Trinajstić information content (AvgIpc) is 3.40. The van der Waals surface area contributed by atoms with E-state index in [-0.39, 0.29) is 0 Å². The minimum absolute atomic E-state index is 0.295. The van der Waals surface area contributed by atoms with Gasteiger partial charge in [0.05, 0.1) is 18.1 Å². The van der Waals surface area contributed by atoms with Crippen molar-refractivity contribution in [1.29, 1.82) is 0 Å². The second-order valence-electron chi connectivity index (χ2n) is 5.66. The highest BCUT2D eigenvalue weighted by atomic mass is 32.2. The van der Waals surface area contributed by atoms with E-state index in [4.69, 9.17) is 9.15 Å². The van der Waals surface area contributed by atoms with Crippen molar-refractivity contribution in [3.05, 3.63) is 42.4 Å². The van der Waals surface area contributed by atoms with Crippen molar-refractivity contribution >= 4 is 28.2 Å². The summed E-state index contributed by atoms with van der Waals surface area (Å²) in [7, 11) is 0. The molecule has 0 bridgehead atoms. The first-order valence-electron chi connectivity index (χ1n) is 8.19. The molecule has 1 aliphatic rings. The summed E-state index contributed by atoms with van der Waals surface area (Å²) in [4.78, 5) is 4.34. The summed E-state index contributed by atoms with van der Waals surface area (Å²) in [6, 6.07) is 9.97. The molecule has 1 saturated heterocycles. The van der Waals surface area contributed by atoms with Gasteiger partial charge in [0.15, 0.2) is 10.1 Å². The van der Waals surface area contributed by atoms with Crippen LogP contribution in [0.3, 0.4) is 0 Å². The Kier molecular flexibility index (Phi) is 5.29. The molecule has 130 valence electrons. The lowest BCUT2D eigenvalue weighted by molar-refractivity contribution is 0.120. The van der Waals surface area contributed by atoms with Crippen LogP contribution in [0.15, 0.2) is 45.3 Å². The van der Waals surface area contributed by atoms with Crippen LogP contribution in [0.25, 0.3) is 11.3 Å². The van der Waals surface area contributed by atoms with Gasteiger partial charge in [0, 0.05) is 18.7 Å². The van der Waals surface area contributed by atoms with Crippen molar-refractivity contribution in [2.75, 3.05) is 18.5 Å². The predicted octanol–water partition coefficient (Wildman–Crippen LogP) is 4.08. The third-order valence-electron chi connectivity index (χ3n) is 3.84. The molecule has 1 N–H and O–H groups in total. The minimum Gasteiger partial charge on any atom is -0.440 e. The van der Waals surface area contributed by atoms with Crippen LogP contribution in [0.5, 0.6) is 0 Å². The van der Waals surface area contributed by atoms with Crippen LogP contribution in [0, 0.1) is 0 Å². The smallest absolute Gasteiger partial charge is 0.206 e. The normalized spacial score (nSPS) is 17.0. The summed E-state index contributed by atoms with van der Waals surface area (Å²) in [6.45, 7) is 1.66. The molecule has 0 amide bonds. The van der Waals surface area contributed by atoms with Crippen molar-refractivity contribution < 1.29 is 9.15 Å². The number of rotatable bonds is 7. The Labute approximate surface area is 154 Å². The van der Waals surface area contributed by atoms with Crippen molar-refractivity contribution in [1.82, 2.24) is 15.2 Å². The first kappa shape index (κ1) is 16.6. The van der Waals surface area contributed by atoms with E-state index >= 15 is 0 Å². The third kappa shape index (κ3) is 4.39. The SMILES string of the molecule is c1ccc(-c2cnc(CSc3nnc(NC[C@H]4CCCO4)s3)o2)cc1. The third-order valence-corrected chi connectivity index (χ3v) is 5.84. The van der Waals surface area contributed by atoms with Gasteiger partial charge in [0.25, 0.3) is 0 Å². The number of oxazole rings is 1. The van der Waals surface area contributed by atoms with E-state index in [1.165, 1.54) is 0 Å². The Bertz CT molecular complexity index is 800. The highest BCUT2D eigenvalue weighted by molar-refractivity contribution is 8.00. The molecule has 0 saturated carbocycles. The fraction of sp³-hybridized carbons (Fsp3) is 0.353. The molecule has 2 aromatic heterocycles. The lowest BCUT2D eigenvalue weighted by atomic mass is 10.2. The molecular weight excluding hydrogens is 356 g/mol. The average molecular weight is 374 g/mol. The van der Waals surface area contributed by atoms with E-state index in [0.29, 0.717) is 17.7 Å². The molecule has 25 heavy (non-hydrogen) atoms. The number of nitrogens with zero attached hydrogens (tertiary/aromatic N) is 3. The van der Waals surface area contributed by atoms with E-state index in [1.54, 1.807) is 29.3 Å². The Balaban J connectivity index is 1.29. The quantitative estimate of drug-likeness (QED) is 0.625. The highest BCUT2D eigenvalue weighted by Gasteiger charge is 2.16. The standard InChI is InChI=1S/C17H18N4O2S2/c1-2-5-12(6-3-1)14-10-18-15(23-14)11-24-17-21-20-16(25-17)19-9-13-7-4-8-22-13/h1-3,5-6,10,13H,4,7-9,11H2,(H,19,20)/t13-/m1/s1. The van der Waals surface area contributed by atoms with Gasteiger partial charge in [-0.1, -0.05) is 53.4 Å². The zero-order valence-electron chi connectivity index (χ0n) is 13.6. The molecular formula is C17H18N4O2S2. The van der Waals surface area contributed by atoms with Gasteiger partial charge in [-0.2, -0.15) is 0 Å². The second-order valence-corrected chi connectivity index (χ2v) is 7.86. The number of aromatic nitrogens is 3. The molecule has 1 atom stereocenters. The van der Waals surface area contributed by atoms with Crippen molar-refractivity contribution in [3.63, 3.8) is 0 Å². The van der Waals surface area contributed by atoms with Crippen molar-refractivity contribution in [2.45, 2.75) is 29.0 Å². The van der Waals surface area contributed by atoms with Gasteiger partial charge in [-0.15, -0.1) is 10.2 Å². The Hall–Kier alpha value is -1.90. The van der Waals surface area contributed by atoms with E-state index < -0.39 is 0 Å². The molecule has 0 unspecified atom stereocenters. The van der Waals surface area contributed by atoms with Crippen molar-refractivity contribution in [3.8, 4) is 11.3 Å². The van der Waals surface area contributed by atoms with Crippen molar-refractivity contribution in [2.24, 2.45) is 0 Å². The van der Waals surface area contributed by atoms with Crippen LogP contribution in [0.4, 0.5) is 5.13 Å². The summed E-state index contributed by atoms with van der Waals surface area (Å²) in [5.41, 5.74) is 1.03. The Morgan fingerprint density at radius 1 is 1.24 bits per heavy atom. The molecule has 1 fully saturated rings. The summed E-state index contributed by atoms with van der Waals surface area (Å²) in [6.07, 6.45) is 4.31. The number of anilines is 1. The van der Waals surface area contributed by atoms with Gasteiger partial charge in [0.1, 0.15) is 0 Å². The van der Waals surface area contributed by atoms with Crippen LogP contribution in [-0.2, 0) is 10.5 Å². The lowest BCUT2D eigenvalue weighted by Crippen LogP contribution is -2.18. The summed E-state index contributed by atoms with van der Waals surface area (Å²) in [5, 5.41) is 12.5. The first-order chi connectivity index (χ1) is 12.4. The summed E-state index contributed by atoms with van der Waals surface area (Å²) < 4.78 is 12.3. The van der Waals surface area contributed by atoms with E-state index in [2.05, 4.69) is 20.5 Å². The monoisotopic (exact) mass is 374 g/mol. The lowest BCUT2D eigenvalue weighted by Gasteiger charge is -2.08. The fourth-order valence-corrected chi connectivity index (χ4v) is 4.19. The number of benzene rings is 1. The van der Waals surface area contributed by atoms with E-state index in [1.807, 2.05) is 30.3 Å². The molecule has 0 aliphatic carbocycles. The second kappa shape index (κ2) is 7.99. The zero-order valence-corrected chi connectivity index (χ0v) is 15.2. The number of ether oxygens (including phenoxy) is 1. The summed E-state index contributed by atoms with van der Waals surface area (Å²) >= 11 is 3.12. The van der Waals surface area contributed by atoms with Gasteiger partial charge in [0.2, 0.25) is 11.0 Å². The molecule has 0 radical (unpaired) electrons. The fourth-order valence-electron chi connectivity index (χ4n) is 2.58. The molecule has 8 heteroatoms. The Morgan fingerprint density at radius 2 is 2.16 bits per heavy atom. The molecule has 1 aliphatic heterocycles. The van der Waals surface area contributed by atoms with Gasteiger partial charge in [-0.3, -0.25) is 0 Å². The van der Waals surface area contributed by atoms with Gasteiger partial charge in [-0.05, 0) is 12.8 Å². The van der Waals surface area contributed by atoms with Crippen LogP contribution in [0.1, 0.15) is 18.7 Å². The highest BCUT2D eigenvalue weighted by Crippen LogP contribution is 2.29. The number of thioether (sulfide) groups is 1. The molecule has 3 heterocycles. The maximum absolute atomic E-state index is 5.81. The maximum atomic E-state index is 5.81. The van der Waals surface area contributed by atoms with Gasteiger partial charge < -0.3 is 14.5 Å². The summed E-state index contributed by atoms with van der Waals surface area (Å²) in [5.74, 6) is 2.10. The largest absolute Gasteiger partial charge is 0.440 e. The Morgan fingerprint density at radius 3 is 3.00 bits per heavy atom. The molecule has 4 rings (SSSR count). The van der Waals surface area contributed by atoms with Crippen LogP contribution < -0.4 is 5.32 Å². The number of hydrogen-bond donors (Lipinski definition) is 1. The predicted molar refractivity (Wildman–Crippen MR) is 98.9 cm³/mol. The van der Waals surface area contributed by atoms with Gasteiger partial charge in [-0.25, -0.2) is 4.98 Å². The van der Waals surface area contributed by atoms with E-state index in [9.17, 15) is 0 Å². The molecule has 1 aromatic carbocycles. The van der Waals surface area contributed by atoms with Gasteiger partial charge >= 0.3 is 0 Å². The van der Waals surface area contributed by atoms with Crippen LogP contribution >= 0.6 is 23.1 Å².